The zero-order valence-corrected chi connectivity index (χ0v) is 19.1. The summed E-state index contributed by atoms with van der Waals surface area (Å²) in [6.07, 6.45) is 7.17. The van der Waals surface area contributed by atoms with Gasteiger partial charge in [-0.3, -0.25) is 14.2 Å². The Morgan fingerprint density at radius 3 is 2.62 bits per heavy atom. The van der Waals surface area contributed by atoms with Gasteiger partial charge >= 0.3 is 0 Å². The summed E-state index contributed by atoms with van der Waals surface area (Å²) in [6, 6.07) is 15.1. The molecule has 0 unspecified atom stereocenters. The van der Waals surface area contributed by atoms with Crippen LogP contribution in [0.15, 0.2) is 67.1 Å². The minimum atomic E-state index is 0.00573. The van der Waals surface area contributed by atoms with Gasteiger partial charge in [-0.05, 0) is 67.8 Å². The Morgan fingerprint density at radius 1 is 1.00 bits per heavy atom. The summed E-state index contributed by atoms with van der Waals surface area (Å²) in [5.41, 5.74) is 2.47. The lowest BCUT2D eigenvalue weighted by molar-refractivity contribution is 0.0710. The number of likely N-dealkylation sites (tertiary alicyclic amines) is 1. The van der Waals surface area contributed by atoms with E-state index in [1.165, 1.54) is 0 Å². The fourth-order valence-electron chi connectivity index (χ4n) is 4.33. The second-order valence-corrected chi connectivity index (χ2v) is 8.29. The predicted molar refractivity (Wildman–Crippen MR) is 127 cm³/mol. The standard InChI is InChI=1S/C26H27N5O3/c1-2-33-23-17-21(6-7-22(23)34-18-19-8-12-27-13-9-19)26(32)30-15-10-20(11-16-30)25-29-28-24-5-3-4-14-31(24)25/h3-9,12-14,17,20H,2,10-11,15-16,18H2,1H3. The van der Waals surface area contributed by atoms with Gasteiger partial charge in [-0.25, -0.2) is 0 Å². The highest BCUT2D eigenvalue weighted by atomic mass is 16.5. The summed E-state index contributed by atoms with van der Waals surface area (Å²) >= 11 is 0. The van der Waals surface area contributed by atoms with E-state index in [1.54, 1.807) is 18.5 Å². The molecule has 0 aliphatic carbocycles. The smallest absolute Gasteiger partial charge is 0.253 e. The normalized spacial score (nSPS) is 14.3. The average Bonchev–Trinajstić information content (AvgIpc) is 3.33. The molecule has 174 valence electrons. The van der Waals surface area contributed by atoms with Crippen molar-refractivity contribution in [1.29, 1.82) is 0 Å². The highest BCUT2D eigenvalue weighted by Crippen LogP contribution is 2.32. The fraction of sp³-hybridized carbons (Fsp3) is 0.308. The van der Waals surface area contributed by atoms with Crippen molar-refractivity contribution in [2.75, 3.05) is 19.7 Å². The molecule has 0 saturated carbocycles. The molecule has 1 aliphatic rings. The molecular weight excluding hydrogens is 430 g/mol. The second kappa shape index (κ2) is 9.91. The van der Waals surface area contributed by atoms with Gasteiger partial charge in [0.15, 0.2) is 17.1 Å². The van der Waals surface area contributed by atoms with Crippen LogP contribution in [0.4, 0.5) is 0 Å². The van der Waals surface area contributed by atoms with Crippen molar-refractivity contribution in [3.05, 3.63) is 84.1 Å². The highest BCUT2D eigenvalue weighted by molar-refractivity contribution is 5.95. The van der Waals surface area contributed by atoms with Crippen LogP contribution in [-0.4, -0.2) is 50.1 Å². The van der Waals surface area contributed by atoms with E-state index in [-0.39, 0.29) is 11.8 Å². The maximum absolute atomic E-state index is 13.2. The first-order valence-electron chi connectivity index (χ1n) is 11.6. The summed E-state index contributed by atoms with van der Waals surface area (Å²) in [4.78, 5) is 19.2. The van der Waals surface area contributed by atoms with Crippen LogP contribution in [0.25, 0.3) is 5.65 Å². The second-order valence-electron chi connectivity index (χ2n) is 8.29. The van der Waals surface area contributed by atoms with Crippen molar-refractivity contribution in [3.8, 4) is 11.5 Å². The monoisotopic (exact) mass is 457 g/mol. The Balaban J connectivity index is 1.25. The molecule has 0 atom stereocenters. The molecule has 8 heteroatoms. The summed E-state index contributed by atoms with van der Waals surface area (Å²) in [5.74, 6) is 2.45. The first-order chi connectivity index (χ1) is 16.7. The zero-order valence-electron chi connectivity index (χ0n) is 19.1. The number of carbonyl (C=O) groups is 1. The molecule has 8 nitrogen and oxygen atoms in total. The first-order valence-corrected chi connectivity index (χ1v) is 11.6. The van der Waals surface area contributed by atoms with Gasteiger partial charge in [-0.2, -0.15) is 0 Å². The van der Waals surface area contributed by atoms with Crippen molar-refractivity contribution in [2.24, 2.45) is 0 Å². The van der Waals surface area contributed by atoms with Crippen LogP contribution in [0.1, 0.15) is 47.4 Å². The van der Waals surface area contributed by atoms with Crippen LogP contribution in [0, 0.1) is 0 Å². The van der Waals surface area contributed by atoms with Crippen molar-refractivity contribution >= 4 is 11.6 Å². The number of pyridine rings is 2. The number of hydrogen-bond acceptors (Lipinski definition) is 6. The largest absolute Gasteiger partial charge is 0.490 e. The molecule has 0 bridgehead atoms. The quantitative estimate of drug-likeness (QED) is 0.415. The number of nitrogens with zero attached hydrogens (tertiary/aromatic N) is 5. The molecule has 1 aromatic carbocycles. The minimum Gasteiger partial charge on any atom is -0.490 e. The van der Waals surface area contributed by atoms with Crippen LogP contribution in [0.5, 0.6) is 11.5 Å². The number of carbonyl (C=O) groups excluding carboxylic acids is 1. The topological polar surface area (TPSA) is 81.9 Å². The molecule has 1 aliphatic heterocycles. The lowest BCUT2D eigenvalue weighted by atomic mass is 9.95. The maximum atomic E-state index is 13.2. The van der Waals surface area contributed by atoms with Crippen LogP contribution < -0.4 is 9.47 Å². The third-order valence-electron chi connectivity index (χ3n) is 6.12. The molecule has 1 fully saturated rings. The molecule has 0 radical (unpaired) electrons. The zero-order chi connectivity index (χ0) is 23.3. The van der Waals surface area contributed by atoms with Crippen molar-refractivity contribution in [1.82, 2.24) is 24.5 Å². The molecule has 4 heterocycles. The van der Waals surface area contributed by atoms with E-state index >= 15 is 0 Å². The van der Waals surface area contributed by atoms with E-state index in [0.717, 1.165) is 29.9 Å². The number of ether oxygens (including phenoxy) is 2. The van der Waals surface area contributed by atoms with Gasteiger partial charge in [-0.1, -0.05) is 6.07 Å². The van der Waals surface area contributed by atoms with Gasteiger partial charge in [0, 0.05) is 43.2 Å². The fourth-order valence-corrected chi connectivity index (χ4v) is 4.33. The summed E-state index contributed by atoms with van der Waals surface area (Å²) in [7, 11) is 0. The Hall–Kier alpha value is -3.94. The Kier molecular flexibility index (Phi) is 6.38. The Bertz CT molecular complexity index is 1270. The van der Waals surface area contributed by atoms with Gasteiger partial charge in [0.1, 0.15) is 12.4 Å². The Morgan fingerprint density at radius 2 is 1.82 bits per heavy atom. The van der Waals surface area contributed by atoms with E-state index < -0.39 is 0 Å². The number of piperidine rings is 1. The maximum Gasteiger partial charge on any atom is 0.253 e. The van der Waals surface area contributed by atoms with Crippen molar-refractivity contribution in [3.63, 3.8) is 0 Å². The molecule has 34 heavy (non-hydrogen) atoms. The van der Waals surface area contributed by atoms with Crippen LogP contribution in [-0.2, 0) is 6.61 Å². The van der Waals surface area contributed by atoms with E-state index in [2.05, 4.69) is 15.2 Å². The SMILES string of the molecule is CCOc1cc(C(=O)N2CCC(c3nnc4ccccn34)CC2)ccc1OCc1ccncc1. The summed E-state index contributed by atoms with van der Waals surface area (Å²) in [5, 5.41) is 8.67. The number of rotatable bonds is 7. The third kappa shape index (κ3) is 4.57. The molecule has 0 N–H and O–H groups in total. The van der Waals surface area contributed by atoms with Crippen molar-refractivity contribution in [2.45, 2.75) is 32.3 Å². The lowest BCUT2D eigenvalue weighted by Crippen LogP contribution is -2.38. The average molecular weight is 458 g/mol. The van der Waals surface area contributed by atoms with Gasteiger partial charge in [0.05, 0.1) is 6.61 Å². The summed E-state index contributed by atoms with van der Waals surface area (Å²) < 4.78 is 13.8. The number of amides is 1. The molecule has 0 spiro atoms. The Labute approximate surface area is 198 Å². The number of aromatic nitrogens is 4. The van der Waals surface area contributed by atoms with Crippen LogP contribution in [0.3, 0.4) is 0 Å². The number of benzene rings is 1. The van der Waals surface area contributed by atoms with E-state index in [9.17, 15) is 4.79 Å². The van der Waals surface area contributed by atoms with E-state index in [0.29, 0.717) is 43.4 Å². The summed E-state index contributed by atoms with van der Waals surface area (Å²) in [6.45, 7) is 4.16. The van der Waals surface area contributed by atoms with Gasteiger partial charge < -0.3 is 14.4 Å². The molecular formula is C26H27N5O3. The third-order valence-corrected chi connectivity index (χ3v) is 6.12. The van der Waals surface area contributed by atoms with Crippen LogP contribution in [0.2, 0.25) is 0 Å². The van der Waals surface area contributed by atoms with Gasteiger partial charge in [0.2, 0.25) is 0 Å². The molecule has 1 amide bonds. The molecule has 4 aromatic rings. The lowest BCUT2D eigenvalue weighted by Gasteiger charge is -2.31. The van der Waals surface area contributed by atoms with Crippen molar-refractivity contribution < 1.29 is 14.3 Å². The molecule has 5 rings (SSSR count). The van der Waals surface area contributed by atoms with Gasteiger partial charge in [-0.15, -0.1) is 10.2 Å². The molecule has 1 saturated heterocycles. The van der Waals surface area contributed by atoms with Gasteiger partial charge in [0.25, 0.3) is 5.91 Å². The van der Waals surface area contributed by atoms with E-state index in [4.69, 9.17) is 9.47 Å². The highest BCUT2D eigenvalue weighted by Gasteiger charge is 2.28. The van der Waals surface area contributed by atoms with E-state index in [1.807, 2.05) is 64.9 Å². The first kappa shape index (κ1) is 21.9. The number of fused-ring (bicyclic) bond motifs is 1. The molecule has 3 aromatic heterocycles. The predicted octanol–water partition coefficient (Wildman–Crippen LogP) is 4.12. The number of hydrogen-bond donors (Lipinski definition) is 0. The minimum absolute atomic E-state index is 0.00573. The van der Waals surface area contributed by atoms with Crippen LogP contribution >= 0.6 is 0 Å².